The molecule has 1 atom stereocenters. The number of nitrogens with one attached hydrogen (secondary N) is 2. The first kappa shape index (κ1) is 18.4. The Balaban J connectivity index is 1.62. The van der Waals surface area contributed by atoms with E-state index in [0.29, 0.717) is 24.3 Å². The van der Waals surface area contributed by atoms with Crippen LogP contribution in [0.25, 0.3) is 11.5 Å². The summed E-state index contributed by atoms with van der Waals surface area (Å²) in [6.07, 6.45) is 5.78. The highest BCUT2D eigenvalue weighted by atomic mass is 32.2. The van der Waals surface area contributed by atoms with E-state index in [9.17, 15) is 13.2 Å². The van der Waals surface area contributed by atoms with Crippen LogP contribution in [0.3, 0.4) is 0 Å². The highest BCUT2D eigenvalue weighted by Gasteiger charge is 2.32. The molecule has 1 aliphatic heterocycles. The molecule has 9 nitrogen and oxygen atoms in total. The lowest BCUT2D eigenvalue weighted by molar-refractivity contribution is -0.119. The number of hydrogen-bond donors (Lipinski definition) is 2. The topological polar surface area (TPSA) is 121 Å². The average Bonchev–Trinajstić information content (AvgIpc) is 3.43. The van der Waals surface area contributed by atoms with Gasteiger partial charge in [0.15, 0.2) is 5.76 Å². The van der Waals surface area contributed by atoms with Gasteiger partial charge in [-0.15, -0.1) is 0 Å². The van der Waals surface area contributed by atoms with E-state index in [4.69, 9.17) is 4.42 Å². The highest BCUT2D eigenvalue weighted by Crippen LogP contribution is 2.26. The molecule has 0 spiro atoms. The maximum atomic E-state index is 13.3. The van der Waals surface area contributed by atoms with Crippen molar-refractivity contribution in [3.05, 3.63) is 54.5 Å². The van der Waals surface area contributed by atoms with E-state index in [2.05, 4.69) is 20.5 Å². The van der Waals surface area contributed by atoms with Gasteiger partial charge in [0.2, 0.25) is 11.0 Å². The zero-order chi connectivity index (χ0) is 19.6. The van der Waals surface area contributed by atoms with E-state index >= 15 is 0 Å². The molecule has 1 unspecified atom stereocenters. The maximum absolute atomic E-state index is 13.3. The SMILES string of the molecule is O=C1CCC(CN(Cc2ccncc2)S(=O)(=O)c2ccc(-c3ccn[nH]3)o2)N1. The van der Waals surface area contributed by atoms with Gasteiger partial charge in [0.1, 0.15) is 5.69 Å². The van der Waals surface area contributed by atoms with Crippen molar-refractivity contribution in [2.45, 2.75) is 30.5 Å². The Bertz CT molecular complexity index is 1050. The summed E-state index contributed by atoms with van der Waals surface area (Å²) in [5.74, 6) is 0.319. The van der Waals surface area contributed by atoms with Crippen molar-refractivity contribution < 1.29 is 17.6 Å². The number of hydrogen-bond acceptors (Lipinski definition) is 6. The number of carbonyl (C=O) groups excluding carboxylic acids is 1. The Morgan fingerprint density at radius 3 is 2.64 bits per heavy atom. The second kappa shape index (κ2) is 7.56. The Morgan fingerprint density at radius 2 is 1.96 bits per heavy atom. The molecule has 4 rings (SSSR count). The number of amides is 1. The van der Waals surface area contributed by atoms with E-state index in [-0.39, 0.29) is 30.1 Å². The molecule has 1 fully saturated rings. The molecule has 0 radical (unpaired) electrons. The smallest absolute Gasteiger partial charge is 0.276 e. The first-order chi connectivity index (χ1) is 13.5. The largest absolute Gasteiger partial charge is 0.442 e. The summed E-state index contributed by atoms with van der Waals surface area (Å²) in [5, 5.41) is 9.25. The molecule has 0 saturated carbocycles. The standard InChI is InChI=1S/C18H19N5O4S/c24-17-3-1-14(21-17)12-23(11-13-5-8-19-9-6-13)28(25,26)18-4-2-16(27-18)15-7-10-20-22-15/h2,4-10,14H,1,3,11-12H2,(H,20,22)(H,21,24). The summed E-state index contributed by atoms with van der Waals surface area (Å²) in [6.45, 7) is 0.313. The molecule has 2 N–H and O–H groups in total. The van der Waals surface area contributed by atoms with Crippen LogP contribution in [0, 0.1) is 0 Å². The first-order valence-electron chi connectivity index (χ1n) is 8.80. The van der Waals surface area contributed by atoms with Gasteiger partial charge in [0.25, 0.3) is 10.0 Å². The zero-order valence-corrected chi connectivity index (χ0v) is 15.7. The molecule has 1 saturated heterocycles. The fourth-order valence-corrected chi connectivity index (χ4v) is 4.51. The van der Waals surface area contributed by atoms with Crippen LogP contribution >= 0.6 is 0 Å². The lowest BCUT2D eigenvalue weighted by Crippen LogP contribution is -2.41. The highest BCUT2D eigenvalue weighted by molar-refractivity contribution is 7.89. The maximum Gasteiger partial charge on any atom is 0.276 e. The normalized spacial score (nSPS) is 17.2. The number of nitrogens with zero attached hydrogens (tertiary/aromatic N) is 3. The predicted molar refractivity (Wildman–Crippen MR) is 99.3 cm³/mol. The van der Waals surface area contributed by atoms with Crippen LogP contribution in [-0.2, 0) is 21.4 Å². The lowest BCUT2D eigenvalue weighted by atomic mass is 10.2. The minimum Gasteiger partial charge on any atom is -0.442 e. The molecule has 4 heterocycles. The number of aromatic nitrogens is 3. The van der Waals surface area contributed by atoms with Crippen molar-refractivity contribution in [1.82, 2.24) is 24.8 Å². The van der Waals surface area contributed by atoms with Crippen LogP contribution in [0.1, 0.15) is 18.4 Å². The molecular formula is C18H19N5O4S. The van der Waals surface area contributed by atoms with Gasteiger partial charge < -0.3 is 9.73 Å². The van der Waals surface area contributed by atoms with Crippen LogP contribution < -0.4 is 5.32 Å². The van der Waals surface area contributed by atoms with Gasteiger partial charge in [-0.3, -0.25) is 14.9 Å². The summed E-state index contributed by atoms with van der Waals surface area (Å²) in [7, 11) is -3.91. The number of H-pyrrole nitrogens is 1. The quantitative estimate of drug-likeness (QED) is 0.619. The fourth-order valence-electron chi connectivity index (χ4n) is 3.12. The van der Waals surface area contributed by atoms with E-state index in [1.54, 1.807) is 42.9 Å². The minimum absolute atomic E-state index is 0.0641. The lowest BCUT2D eigenvalue weighted by Gasteiger charge is -2.24. The predicted octanol–water partition coefficient (Wildman–Crippen LogP) is 1.53. The monoisotopic (exact) mass is 401 g/mol. The van der Waals surface area contributed by atoms with E-state index in [1.165, 1.54) is 10.4 Å². The Morgan fingerprint density at radius 1 is 1.14 bits per heavy atom. The summed E-state index contributed by atoms with van der Waals surface area (Å²) in [4.78, 5) is 15.5. The molecule has 10 heteroatoms. The number of carbonyl (C=O) groups is 1. The third-order valence-corrected chi connectivity index (χ3v) is 6.24. The van der Waals surface area contributed by atoms with E-state index < -0.39 is 10.0 Å². The second-order valence-electron chi connectivity index (χ2n) is 6.55. The summed E-state index contributed by atoms with van der Waals surface area (Å²) >= 11 is 0. The Labute approximate surface area is 161 Å². The average molecular weight is 401 g/mol. The van der Waals surface area contributed by atoms with Gasteiger partial charge >= 0.3 is 0 Å². The minimum atomic E-state index is -3.91. The molecule has 3 aromatic rings. The Hall–Kier alpha value is -2.98. The molecular weight excluding hydrogens is 382 g/mol. The van der Waals surface area contributed by atoms with Crippen molar-refractivity contribution in [1.29, 1.82) is 0 Å². The number of furan rings is 1. The third-order valence-electron chi connectivity index (χ3n) is 4.56. The molecule has 1 aliphatic rings. The van der Waals surface area contributed by atoms with Crippen LogP contribution in [0.4, 0.5) is 0 Å². The van der Waals surface area contributed by atoms with E-state index in [1.807, 2.05) is 0 Å². The van der Waals surface area contributed by atoms with Crippen molar-refractivity contribution in [3.63, 3.8) is 0 Å². The van der Waals surface area contributed by atoms with Gasteiger partial charge in [0, 0.05) is 44.1 Å². The number of rotatable bonds is 7. The molecule has 0 bridgehead atoms. The molecule has 0 aliphatic carbocycles. The summed E-state index contributed by atoms with van der Waals surface area (Å²) in [6, 6.07) is 7.99. The Kier molecular flexibility index (Phi) is 4.97. The van der Waals surface area contributed by atoms with Crippen LogP contribution in [-0.4, -0.2) is 46.4 Å². The van der Waals surface area contributed by atoms with Gasteiger partial charge in [-0.05, 0) is 42.3 Å². The molecule has 28 heavy (non-hydrogen) atoms. The second-order valence-corrected chi connectivity index (χ2v) is 8.41. The van der Waals surface area contributed by atoms with Crippen LogP contribution in [0.15, 0.2) is 58.4 Å². The van der Waals surface area contributed by atoms with Gasteiger partial charge in [0.05, 0.1) is 0 Å². The third kappa shape index (κ3) is 3.82. The van der Waals surface area contributed by atoms with Crippen molar-refractivity contribution in [2.24, 2.45) is 0 Å². The summed E-state index contributed by atoms with van der Waals surface area (Å²) < 4.78 is 33.5. The van der Waals surface area contributed by atoms with Crippen molar-refractivity contribution in [2.75, 3.05) is 6.54 Å². The van der Waals surface area contributed by atoms with E-state index in [0.717, 1.165) is 5.56 Å². The van der Waals surface area contributed by atoms with Crippen LogP contribution in [0.2, 0.25) is 0 Å². The molecule has 0 aromatic carbocycles. The fraction of sp³-hybridized carbons (Fsp3) is 0.278. The number of aromatic amines is 1. The molecule has 1 amide bonds. The molecule has 3 aromatic heterocycles. The number of sulfonamides is 1. The number of pyridine rings is 1. The van der Waals surface area contributed by atoms with Gasteiger partial charge in [-0.25, -0.2) is 8.42 Å². The van der Waals surface area contributed by atoms with Crippen molar-refractivity contribution in [3.8, 4) is 11.5 Å². The van der Waals surface area contributed by atoms with Crippen LogP contribution in [0.5, 0.6) is 0 Å². The zero-order valence-electron chi connectivity index (χ0n) is 14.9. The van der Waals surface area contributed by atoms with Gasteiger partial charge in [-0.1, -0.05) is 0 Å². The van der Waals surface area contributed by atoms with Gasteiger partial charge in [-0.2, -0.15) is 9.40 Å². The molecule has 146 valence electrons. The summed E-state index contributed by atoms with van der Waals surface area (Å²) in [5.41, 5.74) is 1.38. The van der Waals surface area contributed by atoms with Crippen molar-refractivity contribution >= 4 is 15.9 Å². The first-order valence-corrected chi connectivity index (χ1v) is 10.2.